The fraction of sp³-hybridized carbons (Fsp3) is 0.176. The molecule has 1 amide bonds. The third-order valence-corrected chi connectivity index (χ3v) is 3.53. The van der Waals surface area contributed by atoms with Crippen molar-refractivity contribution in [3.63, 3.8) is 0 Å². The number of benzene rings is 2. The van der Waals surface area contributed by atoms with Crippen molar-refractivity contribution in [3.8, 4) is 0 Å². The lowest BCUT2D eigenvalue weighted by atomic mass is 10.1. The van der Waals surface area contributed by atoms with Crippen molar-refractivity contribution in [1.29, 1.82) is 0 Å². The Morgan fingerprint density at radius 3 is 2.59 bits per heavy atom. The number of carbonyl (C=O) groups is 1. The van der Waals surface area contributed by atoms with Gasteiger partial charge in [-0.1, -0.05) is 37.3 Å². The van der Waals surface area contributed by atoms with Crippen molar-refractivity contribution < 1.29 is 9.18 Å². The first kappa shape index (κ1) is 16.1. The van der Waals surface area contributed by atoms with Crippen LogP contribution in [0.2, 0.25) is 0 Å². The van der Waals surface area contributed by atoms with E-state index in [2.05, 4.69) is 10.6 Å². The molecule has 5 heteroatoms. The lowest BCUT2D eigenvalue weighted by Gasteiger charge is -2.15. The van der Waals surface area contributed by atoms with E-state index >= 15 is 0 Å². The number of hydrogen-bond donors (Lipinski definition) is 2. The second-order valence-corrected chi connectivity index (χ2v) is 5.26. The van der Waals surface area contributed by atoms with E-state index in [0.29, 0.717) is 0 Å². The van der Waals surface area contributed by atoms with Crippen LogP contribution < -0.4 is 10.6 Å². The lowest BCUT2D eigenvalue weighted by molar-refractivity contribution is 0.0974. The maximum absolute atomic E-state index is 13.6. The first-order valence-electron chi connectivity index (χ1n) is 6.98. The summed E-state index contributed by atoms with van der Waals surface area (Å²) in [5.41, 5.74) is 2.97. The molecular weight excluding hydrogens is 299 g/mol. The van der Waals surface area contributed by atoms with E-state index in [1.165, 1.54) is 18.2 Å². The zero-order valence-corrected chi connectivity index (χ0v) is 13.3. The number of rotatable bonds is 3. The number of amides is 1. The Bertz CT molecular complexity index is 716. The fourth-order valence-electron chi connectivity index (χ4n) is 2.16. The normalized spacial score (nSPS) is 10.1. The summed E-state index contributed by atoms with van der Waals surface area (Å²) in [4.78, 5) is 12.0. The summed E-state index contributed by atoms with van der Waals surface area (Å²) >= 11 is 5.16. The summed E-state index contributed by atoms with van der Waals surface area (Å²) in [7, 11) is 0. The van der Waals surface area contributed by atoms with Gasteiger partial charge in [0.25, 0.3) is 5.91 Å². The minimum absolute atomic E-state index is 0.0350. The molecule has 22 heavy (non-hydrogen) atoms. The molecule has 0 fully saturated rings. The molecule has 0 unspecified atom stereocenters. The van der Waals surface area contributed by atoms with Crippen molar-refractivity contribution in [2.24, 2.45) is 0 Å². The van der Waals surface area contributed by atoms with Crippen LogP contribution in [0, 0.1) is 12.7 Å². The number of anilines is 1. The molecule has 0 radical (unpaired) electrons. The SMILES string of the molecule is CCc1cccc(C)c1NC(=S)NC(=O)c1ccccc1F. The van der Waals surface area contributed by atoms with Crippen molar-refractivity contribution in [3.05, 3.63) is 65.0 Å². The van der Waals surface area contributed by atoms with E-state index < -0.39 is 11.7 Å². The van der Waals surface area contributed by atoms with Gasteiger partial charge in [-0.3, -0.25) is 10.1 Å². The molecule has 2 aromatic carbocycles. The maximum atomic E-state index is 13.6. The smallest absolute Gasteiger partial charge is 0.260 e. The summed E-state index contributed by atoms with van der Waals surface area (Å²) in [5, 5.41) is 5.68. The average molecular weight is 316 g/mol. The van der Waals surface area contributed by atoms with Crippen LogP contribution in [0.15, 0.2) is 42.5 Å². The molecule has 114 valence electrons. The number of aryl methyl sites for hydroxylation is 2. The summed E-state index contributed by atoms with van der Waals surface area (Å²) < 4.78 is 13.6. The first-order valence-corrected chi connectivity index (χ1v) is 7.39. The summed E-state index contributed by atoms with van der Waals surface area (Å²) in [5.74, 6) is -1.14. The van der Waals surface area contributed by atoms with Crippen LogP contribution in [-0.4, -0.2) is 11.0 Å². The Kier molecular flexibility index (Phi) is 5.22. The van der Waals surface area contributed by atoms with Crippen molar-refractivity contribution in [1.82, 2.24) is 5.32 Å². The molecule has 0 atom stereocenters. The highest BCUT2D eigenvalue weighted by atomic mass is 32.1. The number of carbonyl (C=O) groups excluding carboxylic acids is 1. The zero-order valence-electron chi connectivity index (χ0n) is 12.4. The van der Waals surface area contributed by atoms with Crippen LogP contribution in [0.3, 0.4) is 0 Å². The molecule has 2 rings (SSSR count). The minimum Gasteiger partial charge on any atom is -0.332 e. The Balaban J connectivity index is 2.11. The highest BCUT2D eigenvalue weighted by molar-refractivity contribution is 7.80. The third kappa shape index (κ3) is 3.68. The van der Waals surface area contributed by atoms with E-state index in [1.54, 1.807) is 6.07 Å². The molecular formula is C17H17FN2OS. The summed E-state index contributed by atoms with van der Waals surface area (Å²) in [6.07, 6.45) is 0.841. The van der Waals surface area contributed by atoms with Gasteiger partial charge in [0.2, 0.25) is 0 Å². The van der Waals surface area contributed by atoms with Crippen LogP contribution in [0.1, 0.15) is 28.4 Å². The number of para-hydroxylation sites is 1. The molecule has 0 heterocycles. The van der Waals surface area contributed by atoms with Gasteiger partial charge in [-0.2, -0.15) is 0 Å². The van der Waals surface area contributed by atoms with Crippen LogP contribution in [-0.2, 0) is 6.42 Å². The highest BCUT2D eigenvalue weighted by Gasteiger charge is 2.13. The Hall–Kier alpha value is -2.27. The molecule has 3 nitrogen and oxygen atoms in total. The fourth-order valence-corrected chi connectivity index (χ4v) is 2.36. The molecule has 0 aromatic heterocycles. The molecule has 2 aromatic rings. The molecule has 0 aliphatic carbocycles. The minimum atomic E-state index is -0.576. The topological polar surface area (TPSA) is 41.1 Å². The van der Waals surface area contributed by atoms with Gasteiger partial charge in [0.1, 0.15) is 5.82 Å². The van der Waals surface area contributed by atoms with E-state index in [0.717, 1.165) is 23.2 Å². The standard InChI is InChI=1S/C17H17FN2OS/c1-3-12-8-6-7-11(2)15(12)19-17(22)20-16(21)13-9-4-5-10-14(13)18/h4-10H,3H2,1-2H3,(H2,19,20,21,22). The van der Waals surface area contributed by atoms with E-state index in [1.807, 2.05) is 32.0 Å². The average Bonchev–Trinajstić information content (AvgIpc) is 2.49. The lowest BCUT2D eigenvalue weighted by Crippen LogP contribution is -2.35. The van der Waals surface area contributed by atoms with E-state index in [9.17, 15) is 9.18 Å². The van der Waals surface area contributed by atoms with Crippen molar-refractivity contribution >= 4 is 28.9 Å². The van der Waals surface area contributed by atoms with Gasteiger partial charge in [-0.05, 0) is 48.8 Å². The Morgan fingerprint density at radius 2 is 1.91 bits per heavy atom. The number of thiocarbonyl (C=S) groups is 1. The van der Waals surface area contributed by atoms with Crippen LogP contribution >= 0.6 is 12.2 Å². The largest absolute Gasteiger partial charge is 0.332 e. The highest BCUT2D eigenvalue weighted by Crippen LogP contribution is 2.21. The van der Waals surface area contributed by atoms with E-state index in [4.69, 9.17) is 12.2 Å². The molecule has 0 spiro atoms. The number of nitrogens with one attached hydrogen (secondary N) is 2. The van der Waals surface area contributed by atoms with E-state index in [-0.39, 0.29) is 10.7 Å². The van der Waals surface area contributed by atoms with Gasteiger partial charge in [-0.15, -0.1) is 0 Å². The van der Waals surface area contributed by atoms with Gasteiger partial charge < -0.3 is 5.32 Å². The number of halogens is 1. The van der Waals surface area contributed by atoms with Gasteiger partial charge in [-0.25, -0.2) is 4.39 Å². The molecule has 0 saturated carbocycles. The number of hydrogen-bond acceptors (Lipinski definition) is 2. The first-order chi connectivity index (χ1) is 10.5. The molecule has 0 aliphatic heterocycles. The van der Waals surface area contributed by atoms with Crippen molar-refractivity contribution in [2.75, 3.05) is 5.32 Å². The predicted octanol–water partition coefficient (Wildman–Crippen LogP) is 3.82. The molecule has 0 aliphatic rings. The van der Waals surface area contributed by atoms with Gasteiger partial charge >= 0.3 is 0 Å². The van der Waals surface area contributed by atoms with Crippen molar-refractivity contribution in [2.45, 2.75) is 20.3 Å². The van der Waals surface area contributed by atoms with Gasteiger partial charge in [0, 0.05) is 5.69 Å². The molecule has 0 bridgehead atoms. The van der Waals surface area contributed by atoms with Crippen LogP contribution in [0.25, 0.3) is 0 Å². The zero-order chi connectivity index (χ0) is 16.1. The quantitative estimate of drug-likeness (QED) is 0.846. The monoisotopic (exact) mass is 316 g/mol. The van der Waals surface area contributed by atoms with Crippen LogP contribution in [0.5, 0.6) is 0 Å². The van der Waals surface area contributed by atoms with Crippen LogP contribution in [0.4, 0.5) is 10.1 Å². The molecule has 0 saturated heterocycles. The maximum Gasteiger partial charge on any atom is 0.260 e. The van der Waals surface area contributed by atoms with Gasteiger partial charge in [0.05, 0.1) is 5.56 Å². The third-order valence-electron chi connectivity index (χ3n) is 3.32. The Labute approximate surface area is 134 Å². The Morgan fingerprint density at radius 1 is 1.18 bits per heavy atom. The second-order valence-electron chi connectivity index (χ2n) is 4.85. The second kappa shape index (κ2) is 7.13. The molecule has 2 N–H and O–H groups in total. The predicted molar refractivity (Wildman–Crippen MR) is 90.6 cm³/mol. The summed E-state index contributed by atoms with van der Waals surface area (Å²) in [6, 6.07) is 11.7. The van der Waals surface area contributed by atoms with Gasteiger partial charge in [0.15, 0.2) is 5.11 Å². The summed E-state index contributed by atoms with van der Waals surface area (Å²) in [6.45, 7) is 4.00.